The number of amides is 1. The van der Waals surface area contributed by atoms with E-state index >= 15 is 0 Å². The number of halogens is 1. The summed E-state index contributed by atoms with van der Waals surface area (Å²) in [5, 5.41) is 11.2. The van der Waals surface area contributed by atoms with Crippen molar-refractivity contribution in [2.75, 3.05) is 11.1 Å². The first kappa shape index (κ1) is 16.8. The second-order valence-corrected chi connectivity index (χ2v) is 7.78. The van der Waals surface area contributed by atoms with Gasteiger partial charge in [-0.05, 0) is 25.1 Å². The van der Waals surface area contributed by atoms with E-state index in [0.29, 0.717) is 15.7 Å². The number of benzene rings is 1. The van der Waals surface area contributed by atoms with E-state index in [4.69, 9.17) is 11.6 Å². The van der Waals surface area contributed by atoms with Gasteiger partial charge in [-0.3, -0.25) is 4.79 Å². The van der Waals surface area contributed by atoms with Crippen molar-refractivity contribution in [1.82, 2.24) is 14.9 Å². The fourth-order valence-corrected chi connectivity index (χ4v) is 2.96. The molecule has 2 aromatic rings. The summed E-state index contributed by atoms with van der Waals surface area (Å²) in [6.45, 7) is 1.55. The largest absolute Gasteiger partial charge is 0.320 e. The minimum Gasteiger partial charge on any atom is -0.320 e. The van der Waals surface area contributed by atoms with Crippen LogP contribution in [0.5, 0.6) is 0 Å². The van der Waals surface area contributed by atoms with Crippen LogP contribution in [0, 0.1) is 0 Å². The summed E-state index contributed by atoms with van der Waals surface area (Å²) in [5.41, 5.74) is 0.543. The Morgan fingerprint density at radius 3 is 2.82 bits per heavy atom. The normalized spacial score (nSPS) is 11.4. The van der Waals surface area contributed by atoms with Gasteiger partial charge in [0.25, 0.3) is 5.91 Å². The van der Waals surface area contributed by atoms with Crippen LogP contribution in [0.1, 0.15) is 21.7 Å². The summed E-state index contributed by atoms with van der Waals surface area (Å²) in [6, 6.07) is 6.71. The van der Waals surface area contributed by atoms with Crippen LogP contribution in [0.25, 0.3) is 0 Å². The topological polar surface area (TPSA) is 101 Å². The minimum atomic E-state index is -3.31. The molecule has 2 rings (SSSR count). The number of nitrogens with one attached hydrogen (secondary N) is 2. The summed E-state index contributed by atoms with van der Waals surface area (Å²) in [6.07, 6.45) is 0. The molecule has 0 aliphatic carbocycles. The van der Waals surface area contributed by atoms with E-state index in [-0.39, 0.29) is 17.3 Å². The van der Waals surface area contributed by atoms with Crippen LogP contribution in [-0.4, -0.2) is 30.3 Å². The molecule has 1 aromatic heterocycles. The van der Waals surface area contributed by atoms with Crippen LogP contribution >= 0.6 is 22.9 Å². The molecule has 7 nitrogen and oxygen atoms in total. The highest BCUT2D eigenvalue weighted by Gasteiger charge is 2.14. The molecule has 1 aromatic carbocycles. The number of anilines is 1. The molecule has 0 bridgehead atoms. The summed E-state index contributed by atoms with van der Waals surface area (Å²) in [4.78, 5) is 12.0. The molecule has 0 unspecified atom stereocenters. The van der Waals surface area contributed by atoms with Crippen molar-refractivity contribution in [1.29, 1.82) is 0 Å². The SMILES string of the molecule is CCS(=O)(=O)NCc1nnc(C(=O)Nc2cccc(Cl)c2)s1. The Morgan fingerprint density at radius 1 is 1.36 bits per heavy atom. The van der Waals surface area contributed by atoms with Crippen molar-refractivity contribution in [2.45, 2.75) is 13.5 Å². The molecule has 1 heterocycles. The van der Waals surface area contributed by atoms with E-state index in [9.17, 15) is 13.2 Å². The molecule has 10 heteroatoms. The zero-order valence-corrected chi connectivity index (χ0v) is 13.9. The van der Waals surface area contributed by atoms with E-state index in [2.05, 4.69) is 20.2 Å². The number of carbonyl (C=O) groups excluding carboxylic acids is 1. The Balaban J connectivity index is 2.00. The molecule has 2 N–H and O–H groups in total. The molecule has 0 atom stereocenters. The van der Waals surface area contributed by atoms with Gasteiger partial charge in [-0.2, -0.15) is 0 Å². The first-order valence-electron chi connectivity index (χ1n) is 6.26. The first-order chi connectivity index (χ1) is 10.4. The van der Waals surface area contributed by atoms with Crippen LogP contribution in [0.4, 0.5) is 5.69 Å². The Hall–Kier alpha value is -1.55. The predicted molar refractivity (Wildman–Crippen MR) is 85.6 cm³/mol. The Kier molecular flexibility index (Phi) is 5.46. The highest BCUT2D eigenvalue weighted by atomic mass is 35.5. The molecule has 0 fully saturated rings. The van der Waals surface area contributed by atoms with Crippen molar-refractivity contribution < 1.29 is 13.2 Å². The number of aromatic nitrogens is 2. The molecular formula is C12H13ClN4O3S2. The fraction of sp³-hybridized carbons (Fsp3) is 0.250. The fourth-order valence-electron chi connectivity index (χ4n) is 1.44. The number of rotatable bonds is 6. The maximum atomic E-state index is 12.0. The summed E-state index contributed by atoms with van der Waals surface area (Å²) < 4.78 is 25.0. The zero-order chi connectivity index (χ0) is 16.2. The highest BCUT2D eigenvalue weighted by Crippen LogP contribution is 2.17. The van der Waals surface area contributed by atoms with Crippen molar-refractivity contribution in [3.05, 3.63) is 39.3 Å². The highest BCUT2D eigenvalue weighted by molar-refractivity contribution is 7.89. The van der Waals surface area contributed by atoms with Gasteiger partial charge < -0.3 is 5.32 Å². The van der Waals surface area contributed by atoms with Gasteiger partial charge in [0.1, 0.15) is 5.01 Å². The maximum Gasteiger partial charge on any atom is 0.286 e. The van der Waals surface area contributed by atoms with E-state index < -0.39 is 15.9 Å². The predicted octanol–water partition coefficient (Wildman–Crippen LogP) is 1.88. The molecule has 22 heavy (non-hydrogen) atoms. The molecule has 0 saturated heterocycles. The lowest BCUT2D eigenvalue weighted by Gasteiger charge is -2.02. The summed E-state index contributed by atoms with van der Waals surface area (Å²) in [7, 11) is -3.31. The third-order valence-electron chi connectivity index (χ3n) is 2.57. The Labute approximate surface area is 136 Å². The average molecular weight is 361 g/mol. The summed E-state index contributed by atoms with van der Waals surface area (Å²) in [5.74, 6) is -0.446. The van der Waals surface area contributed by atoms with Gasteiger partial charge in [-0.1, -0.05) is 29.0 Å². The van der Waals surface area contributed by atoms with Gasteiger partial charge >= 0.3 is 0 Å². The molecule has 0 aliphatic rings. The van der Waals surface area contributed by atoms with Crippen LogP contribution < -0.4 is 10.0 Å². The monoisotopic (exact) mass is 360 g/mol. The van der Waals surface area contributed by atoms with E-state index in [1.807, 2.05) is 0 Å². The third kappa shape index (κ3) is 4.73. The van der Waals surface area contributed by atoms with Crippen molar-refractivity contribution in [3.8, 4) is 0 Å². The molecule has 0 spiro atoms. The van der Waals surface area contributed by atoms with Crippen LogP contribution in [0.3, 0.4) is 0 Å². The average Bonchev–Trinajstić information content (AvgIpc) is 2.94. The van der Waals surface area contributed by atoms with Crippen LogP contribution in [0.2, 0.25) is 5.02 Å². The molecule has 0 aliphatic heterocycles. The van der Waals surface area contributed by atoms with Crippen LogP contribution in [0.15, 0.2) is 24.3 Å². The van der Waals surface area contributed by atoms with Gasteiger partial charge in [0.2, 0.25) is 15.0 Å². The summed E-state index contributed by atoms with van der Waals surface area (Å²) >= 11 is 6.86. The van der Waals surface area contributed by atoms with Gasteiger partial charge in [-0.15, -0.1) is 10.2 Å². The Bertz CT molecular complexity index is 776. The van der Waals surface area contributed by atoms with Gasteiger partial charge in [0, 0.05) is 10.7 Å². The lowest BCUT2D eigenvalue weighted by Crippen LogP contribution is -2.24. The van der Waals surface area contributed by atoms with Gasteiger partial charge in [0.15, 0.2) is 0 Å². The van der Waals surface area contributed by atoms with Gasteiger partial charge in [-0.25, -0.2) is 13.1 Å². The van der Waals surface area contributed by atoms with Crippen molar-refractivity contribution >= 4 is 44.6 Å². The minimum absolute atomic E-state index is 0.0122. The number of hydrogen-bond donors (Lipinski definition) is 2. The Morgan fingerprint density at radius 2 is 2.14 bits per heavy atom. The van der Waals surface area contributed by atoms with Gasteiger partial charge in [0.05, 0.1) is 12.3 Å². The quantitative estimate of drug-likeness (QED) is 0.819. The zero-order valence-electron chi connectivity index (χ0n) is 11.5. The molecular weight excluding hydrogens is 348 g/mol. The van der Waals surface area contributed by atoms with Crippen LogP contribution in [-0.2, 0) is 16.6 Å². The molecule has 0 saturated carbocycles. The molecule has 118 valence electrons. The molecule has 1 amide bonds. The molecule has 0 radical (unpaired) electrons. The number of nitrogens with zero attached hydrogens (tertiary/aromatic N) is 2. The second-order valence-electron chi connectivity index (χ2n) is 4.19. The van der Waals surface area contributed by atoms with Crippen molar-refractivity contribution in [2.24, 2.45) is 0 Å². The lowest BCUT2D eigenvalue weighted by atomic mass is 10.3. The standard InChI is InChI=1S/C12H13ClN4O3S2/c1-2-22(19,20)14-7-10-16-17-12(21-10)11(18)15-9-5-3-4-8(13)6-9/h3-6,14H,2,7H2,1H3,(H,15,18). The first-order valence-corrected chi connectivity index (χ1v) is 9.11. The second kappa shape index (κ2) is 7.14. The van der Waals surface area contributed by atoms with Crippen molar-refractivity contribution in [3.63, 3.8) is 0 Å². The maximum absolute atomic E-state index is 12.0. The number of carbonyl (C=O) groups is 1. The van der Waals surface area contributed by atoms with E-state index in [1.54, 1.807) is 24.3 Å². The number of sulfonamides is 1. The van der Waals surface area contributed by atoms with E-state index in [1.165, 1.54) is 6.92 Å². The smallest absolute Gasteiger partial charge is 0.286 e. The lowest BCUT2D eigenvalue weighted by molar-refractivity contribution is 0.102. The van der Waals surface area contributed by atoms with E-state index in [0.717, 1.165) is 11.3 Å². The number of hydrogen-bond acceptors (Lipinski definition) is 6. The third-order valence-corrected chi connectivity index (χ3v) is 5.07.